The van der Waals surface area contributed by atoms with Crippen LogP contribution in [0, 0.1) is 0 Å². The Hall–Kier alpha value is -1.68. The summed E-state index contributed by atoms with van der Waals surface area (Å²) in [6, 6.07) is 4.78. The molecule has 2 N–H and O–H groups in total. The normalized spacial score (nSPS) is 11.3. The Kier molecular flexibility index (Phi) is 6.39. The van der Waals surface area contributed by atoms with Crippen LogP contribution in [0.1, 0.15) is 18.9 Å². The molecule has 0 unspecified atom stereocenters. The summed E-state index contributed by atoms with van der Waals surface area (Å²) in [7, 11) is 3.73. The first kappa shape index (κ1) is 16.4. The topological polar surface area (TPSA) is 52.6 Å². The summed E-state index contributed by atoms with van der Waals surface area (Å²) in [6.45, 7) is 2.65. The van der Waals surface area contributed by atoms with Crippen molar-refractivity contribution in [2.24, 2.45) is 0 Å². The van der Waals surface area contributed by atoms with Gasteiger partial charge in [-0.25, -0.2) is 0 Å². The number of phenolic OH excluding ortho intramolecular Hbond substituents is 1. The van der Waals surface area contributed by atoms with Gasteiger partial charge in [0.25, 0.3) is 0 Å². The second-order valence-electron chi connectivity index (χ2n) is 4.83. The molecule has 0 saturated carbocycles. The molecule has 0 radical (unpaired) electrons. The average molecular weight is 297 g/mol. The Bertz CT molecular complexity index is 499. The highest BCUT2D eigenvalue weighted by molar-refractivity contribution is 6.31. The van der Waals surface area contributed by atoms with Crippen LogP contribution in [-0.4, -0.2) is 36.6 Å². The van der Waals surface area contributed by atoms with Gasteiger partial charge < -0.3 is 15.3 Å². The molecule has 1 amide bonds. The van der Waals surface area contributed by atoms with E-state index in [1.165, 1.54) is 6.07 Å². The van der Waals surface area contributed by atoms with E-state index in [2.05, 4.69) is 5.32 Å². The predicted molar refractivity (Wildman–Crippen MR) is 81.9 cm³/mol. The minimum atomic E-state index is -0.0929. The molecule has 20 heavy (non-hydrogen) atoms. The fourth-order valence-electron chi connectivity index (χ4n) is 1.73. The van der Waals surface area contributed by atoms with Crippen molar-refractivity contribution < 1.29 is 9.90 Å². The first-order valence-electron chi connectivity index (χ1n) is 6.56. The molecule has 0 bridgehead atoms. The summed E-state index contributed by atoms with van der Waals surface area (Å²) in [4.78, 5) is 14.0. The molecule has 4 nitrogen and oxygen atoms in total. The molecule has 1 aromatic rings. The van der Waals surface area contributed by atoms with Gasteiger partial charge in [-0.05, 0) is 24.1 Å². The molecule has 0 aliphatic carbocycles. The highest BCUT2D eigenvalue weighted by atomic mass is 35.5. The fourth-order valence-corrected chi connectivity index (χ4v) is 1.97. The van der Waals surface area contributed by atoms with Crippen molar-refractivity contribution in [1.29, 1.82) is 0 Å². The van der Waals surface area contributed by atoms with Crippen LogP contribution >= 0.6 is 11.6 Å². The predicted octanol–water partition coefficient (Wildman–Crippen LogP) is 2.56. The highest BCUT2D eigenvalue weighted by Crippen LogP contribution is 2.24. The lowest BCUT2D eigenvalue weighted by Crippen LogP contribution is -2.27. The van der Waals surface area contributed by atoms with Crippen LogP contribution in [0.25, 0.3) is 0 Å². The third-order valence-electron chi connectivity index (χ3n) is 2.66. The number of carbonyl (C=O) groups is 1. The summed E-state index contributed by atoms with van der Waals surface area (Å²) in [5, 5.41) is 12.7. The van der Waals surface area contributed by atoms with Crippen LogP contribution in [-0.2, 0) is 11.2 Å². The Morgan fingerprint density at radius 1 is 1.45 bits per heavy atom. The number of carbonyl (C=O) groups excluding carboxylic acids is 1. The molecule has 0 heterocycles. The SMILES string of the molecule is CCCNC(=O)C(=CN(C)C)Cc1ccc(O)cc1Cl. The van der Waals surface area contributed by atoms with E-state index in [4.69, 9.17) is 11.6 Å². The van der Waals surface area contributed by atoms with Crippen molar-refractivity contribution in [3.05, 3.63) is 40.6 Å². The lowest BCUT2D eigenvalue weighted by molar-refractivity contribution is -0.117. The Labute approximate surface area is 125 Å². The van der Waals surface area contributed by atoms with Gasteiger partial charge in [0.2, 0.25) is 5.91 Å². The minimum absolute atomic E-state index is 0.0929. The molecule has 0 saturated heterocycles. The largest absolute Gasteiger partial charge is 0.508 e. The van der Waals surface area contributed by atoms with Crippen LogP contribution < -0.4 is 5.32 Å². The third-order valence-corrected chi connectivity index (χ3v) is 3.01. The zero-order valence-electron chi connectivity index (χ0n) is 12.1. The third kappa shape index (κ3) is 5.13. The van der Waals surface area contributed by atoms with E-state index >= 15 is 0 Å². The van der Waals surface area contributed by atoms with Gasteiger partial charge in [0.15, 0.2) is 0 Å². The van der Waals surface area contributed by atoms with Crippen LogP contribution in [0.3, 0.4) is 0 Å². The number of aromatic hydroxyl groups is 1. The molecule has 110 valence electrons. The Morgan fingerprint density at radius 2 is 2.15 bits per heavy atom. The van der Waals surface area contributed by atoms with Gasteiger partial charge in [0.1, 0.15) is 5.75 Å². The maximum absolute atomic E-state index is 12.1. The van der Waals surface area contributed by atoms with Gasteiger partial charge >= 0.3 is 0 Å². The highest BCUT2D eigenvalue weighted by Gasteiger charge is 2.12. The van der Waals surface area contributed by atoms with Crippen LogP contribution in [0.2, 0.25) is 5.02 Å². The number of nitrogens with zero attached hydrogens (tertiary/aromatic N) is 1. The van der Waals surface area contributed by atoms with Gasteiger partial charge in [-0.15, -0.1) is 0 Å². The first-order chi connectivity index (χ1) is 9.43. The quantitative estimate of drug-likeness (QED) is 0.793. The molecule has 5 heteroatoms. The second-order valence-corrected chi connectivity index (χ2v) is 5.23. The first-order valence-corrected chi connectivity index (χ1v) is 6.94. The summed E-state index contributed by atoms with van der Waals surface area (Å²) < 4.78 is 0. The van der Waals surface area contributed by atoms with Crippen molar-refractivity contribution in [2.45, 2.75) is 19.8 Å². The smallest absolute Gasteiger partial charge is 0.249 e. The minimum Gasteiger partial charge on any atom is -0.508 e. The number of halogens is 1. The molecule has 1 rings (SSSR count). The van der Waals surface area contributed by atoms with Gasteiger partial charge in [0, 0.05) is 43.9 Å². The van der Waals surface area contributed by atoms with Crippen LogP contribution in [0.4, 0.5) is 0 Å². The van der Waals surface area contributed by atoms with Crippen molar-refractivity contribution in [3.63, 3.8) is 0 Å². The van der Waals surface area contributed by atoms with Crippen molar-refractivity contribution in [1.82, 2.24) is 10.2 Å². The number of nitrogens with one attached hydrogen (secondary N) is 1. The van der Waals surface area contributed by atoms with E-state index in [-0.39, 0.29) is 11.7 Å². The lowest BCUT2D eigenvalue weighted by atomic mass is 10.0. The molecule has 0 aromatic heterocycles. The van der Waals surface area contributed by atoms with Gasteiger partial charge in [-0.1, -0.05) is 24.6 Å². The molecule has 0 spiro atoms. The average Bonchev–Trinajstić information content (AvgIpc) is 2.37. The van der Waals surface area contributed by atoms with E-state index < -0.39 is 0 Å². The molecule has 0 atom stereocenters. The second kappa shape index (κ2) is 7.80. The summed E-state index contributed by atoms with van der Waals surface area (Å²) >= 11 is 6.09. The number of hydrogen-bond donors (Lipinski definition) is 2. The zero-order chi connectivity index (χ0) is 15.1. The zero-order valence-corrected chi connectivity index (χ0v) is 12.9. The maximum Gasteiger partial charge on any atom is 0.249 e. The van der Waals surface area contributed by atoms with E-state index in [1.807, 2.05) is 25.9 Å². The summed E-state index contributed by atoms with van der Waals surface area (Å²) in [5.74, 6) is 0.0250. The summed E-state index contributed by atoms with van der Waals surface area (Å²) in [5.41, 5.74) is 1.44. The maximum atomic E-state index is 12.1. The van der Waals surface area contributed by atoms with Crippen molar-refractivity contribution in [2.75, 3.05) is 20.6 Å². The monoisotopic (exact) mass is 296 g/mol. The van der Waals surface area contributed by atoms with Crippen LogP contribution in [0.15, 0.2) is 30.0 Å². The van der Waals surface area contributed by atoms with Gasteiger partial charge in [-0.2, -0.15) is 0 Å². The Morgan fingerprint density at radius 3 is 2.70 bits per heavy atom. The lowest BCUT2D eigenvalue weighted by Gasteiger charge is -2.13. The van der Waals surface area contributed by atoms with Crippen molar-refractivity contribution >= 4 is 17.5 Å². The summed E-state index contributed by atoms with van der Waals surface area (Å²) in [6.07, 6.45) is 3.10. The number of amides is 1. The number of rotatable bonds is 6. The van der Waals surface area contributed by atoms with Crippen molar-refractivity contribution in [3.8, 4) is 5.75 Å². The number of hydrogen-bond acceptors (Lipinski definition) is 3. The fraction of sp³-hybridized carbons (Fsp3) is 0.400. The standard InChI is InChI=1S/C15H21ClN2O2/c1-4-7-17-15(20)12(10-18(2)3)8-11-5-6-13(19)9-14(11)16/h5-6,9-10,19H,4,7-8H2,1-3H3,(H,17,20). The van der Waals surface area contributed by atoms with Gasteiger partial charge in [0.05, 0.1) is 0 Å². The van der Waals surface area contributed by atoms with E-state index in [0.717, 1.165) is 12.0 Å². The van der Waals surface area contributed by atoms with E-state index in [9.17, 15) is 9.90 Å². The molecule has 0 aliphatic rings. The van der Waals surface area contributed by atoms with E-state index in [0.29, 0.717) is 23.6 Å². The van der Waals surface area contributed by atoms with Gasteiger partial charge in [-0.3, -0.25) is 4.79 Å². The molecular weight excluding hydrogens is 276 g/mol. The number of phenols is 1. The molecule has 0 fully saturated rings. The van der Waals surface area contributed by atoms with E-state index in [1.54, 1.807) is 18.3 Å². The van der Waals surface area contributed by atoms with Crippen LogP contribution in [0.5, 0.6) is 5.75 Å². The molecule has 0 aliphatic heterocycles. The Balaban J connectivity index is 2.92. The number of benzene rings is 1. The molecule has 1 aromatic carbocycles. The molecular formula is C15H21ClN2O2.